The number of rotatable bonds is 7. The van der Waals surface area contributed by atoms with E-state index in [1.165, 1.54) is 11.3 Å². The maximum Gasteiger partial charge on any atom is 0.251 e. The van der Waals surface area contributed by atoms with Gasteiger partial charge in [-0.1, -0.05) is 49.8 Å². The van der Waals surface area contributed by atoms with Crippen LogP contribution in [0.15, 0.2) is 24.3 Å². The predicted octanol–water partition coefficient (Wildman–Crippen LogP) is 3.19. The summed E-state index contributed by atoms with van der Waals surface area (Å²) in [4.78, 5) is 25.0. The van der Waals surface area contributed by atoms with E-state index in [0.717, 1.165) is 23.4 Å². The Balaban J connectivity index is 2.05. The van der Waals surface area contributed by atoms with Crippen molar-refractivity contribution >= 4 is 28.3 Å². The normalized spacial score (nSPS) is 12.0. The molecular weight excluding hydrogens is 336 g/mol. The maximum atomic E-state index is 12.6. The third-order valence-electron chi connectivity index (χ3n) is 3.68. The average Bonchev–Trinajstić information content (AvgIpc) is 2.99. The molecule has 0 aliphatic heterocycles. The van der Waals surface area contributed by atoms with Gasteiger partial charge < -0.3 is 5.32 Å². The minimum atomic E-state index is -0.647. The van der Waals surface area contributed by atoms with Crippen LogP contribution in [-0.2, 0) is 11.2 Å². The molecule has 7 heteroatoms. The minimum Gasteiger partial charge on any atom is -0.340 e. The molecule has 2 aromatic rings. The zero-order chi connectivity index (χ0) is 18.4. The molecule has 0 bridgehead atoms. The first-order valence-electron chi connectivity index (χ1n) is 8.41. The van der Waals surface area contributed by atoms with Gasteiger partial charge in [0.05, 0.1) is 0 Å². The number of nitrogens with zero attached hydrogens (tertiary/aromatic N) is 2. The first kappa shape index (κ1) is 19.1. The van der Waals surface area contributed by atoms with Gasteiger partial charge in [0.1, 0.15) is 11.0 Å². The van der Waals surface area contributed by atoms with Crippen LogP contribution >= 0.6 is 11.3 Å². The molecule has 1 atom stereocenters. The molecule has 1 aromatic heterocycles. The van der Waals surface area contributed by atoms with E-state index in [4.69, 9.17) is 0 Å². The lowest BCUT2D eigenvalue weighted by Crippen LogP contribution is -2.47. The average molecular weight is 360 g/mol. The van der Waals surface area contributed by atoms with Gasteiger partial charge in [0.15, 0.2) is 0 Å². The Morgan fingerprint density at radius 3 is 2.64 bits per heavy atom. The van der Waals surface area contributed by atoms with Crippen molar-refractivity contribution in [3.05, 3.63) is 40.4 Å². The van der Waals surface area contributed by atoms with Crippen molar-refractivity contribution in [3.8, 4) is 0 Å². The number of anilines is 1. The second-order valence-electron chi connectivity index (χ2n) is 6.30. The summed E-state index contributed by atoms with van der Waals surface area (Å²) in [6.45, 7) is 7.77. The first-order valence-corrected chi connectivity index (χ1v) is 9.23. The standard InChI is InChI=1S/C18H24N4O2S/c1-5-7-14-21-22-18(25-14)20-17(24)15(11(2)3)19-16(23)13-9-6-8-12(4)10-13/h6,8-11,15H,5,7H2,1-4H3,(H,19,23)(H,20,22,24). The molecule has 0 spiro atoms. The summed E-state index contributed by atoms with van der Waals surface area (Å²) in [5.41, 5.74) is 1.54. The fraction of sp³-hybridized carbons (Fsp3) is 0.444. The molecule has 0 saturated carbocycles. The van der Waals surface area contributed by atoms with Crippen LogP contribution in [0.4, 0.5) is 5.13 Å². The van der Waals surface area contributed by atoms with Gasteiger partial charge in [-0.15, -0.1) is 10.2 Å². The van der Waals surface area contributed by atoms with Crippen LogP contribution < -0.4 is 10.6 Å². The van der Waals surface area contributed by atoms with Gasteiger partial charge in [0.2, 0.25) is 11.0 Å². The second kappa shape index (κ2) is 8.71. The maximum absolute atomic E-state index is 12.6. The highest BCUT2D eigenvalue weighted by Crippen LogP contribution is 2.17. The molecule has 1 aromatic carbocycles. The minimum absolute atomic E-state index is 0.0585. The van der Waals surface area contributed by atoms with Crippen LogP contribution in [-0.4, -0.2) is 28.1 Å². The molecule has 0 saturated heterocycles. The van der Waals surface area contributed by atoms with Gasteiger partial charge in [0, 0.05) is 12.0 Å². The number of aromatic nitrogens is 2. The Bertz CT molecular complexity index is 742. The van der Waals surface area contributed by atoms with Crippen LogP contribution in [0.3, 0.4) is 0 Å². The van der Waals surface area contributed by atoms with E-state index >= 15 is 0 Å². The number of hydrogen-bond acceptors (Lipinski definition) is 5. The number of nitrogens with one attached hydrogen (secondary N) is 2. The smallest absolute Gasteiger partial charge is 0.251 e. The van der Waals surface area contributed by atoms with Crippen LogP contribution in [0.25, 0.3) is 0 Å². The molecular formula is C18H24N4O2S. The molecule has 0 fully saturated rings. The fourth-order valence-corrected chi connectivity index (χ4v) is 3.19. The van der Waals surface area contributed by atoms with Gasteiger partial charge in [0.25, 0.3) is 5.91 Å². The van der Waals surface area contributed by atoms with E-state index in [0.29, 0.717) is 10.7 Å². The zero-order valence-electron chi connectivity index (χ0n) is 15.0. The monoisotopic (exact) mass is 360 g/mol. The number of benzene rings is 1. The molecule has 0 aliphatic rings. The molecule has 2 amide bonds. The summed E-state index contributed by atoms with van der Waals surface area (Å²) < 4.78 is 0. The van der Waals surface area contributed by atoms with E-state index in [-0.39, 0.29) is 17.7 Å². The van der Waals surface area contributed by atoms with E-state index in [1.807, 2.05) is 32.9 Å². The van der Waals surface area contributed by atoms with Gasteiger partial charge in [-0.05, 0) is 31.4 Å². The topological polar surface area (TPSA) is 84.0 Å². The number of carbonyl (C=O) groups excluding carboxylic acids is 2. The third kappa shape index (κ3) is 5.35. The van der Waals surface area contributed by atoms with Crippen LogP contribution in [0.5, 0.6) is 0 Å². The Labute approximate surface area is 152 Å². The summed E-state index contributed by atoms with van der Waals surface area (Å²) in [7, 11) is 0. The molecule has 6 nitrogen and oxygen atoms in total. The number of amides is 2. The SMILES string of the molecule is CCCc1nnc(NC(=O)C(NC(=O)c2cccc(C)c2)C(C)C)s1. The van der Waals surface area contributed by atoms with Crippen molar-refractivity contribution < 1.29 is 9.59 Å². The molecule has 1 heterocycles. The summed E-state index contributed by atoms with van der Waals surface area (Å²) in [5.74, 6) is -0.603. The highest BCUT2D eigenvalue weighted by Gasteiger charge is 2.25. The molecule has 1 unspecified atom stereocenters. The molecule has 25 heavy (non-hydrogen) atoms. The second-order valence-corrected chi connectivity index (χ2v) is 7.37. The molecule has 0 radical (unpaired) electrons. The highest BCUT2D eigenvalue weighted by atomic mass is 32.1. The fourth-order valence-electron chi connectivity index (χ4n) is 2.35. The van der Waals surface area contributed by atoms with Crippen molar-refractivity contribution in [1.82, 2.24) is 15.5 Å². The van der Waals surface area contributed by atoms with Crippen molar-refractivity contribution in [2.45, 2.75) is 46.6 Å². The number of hydrogen-bond donors (Lipinski definition) is 2. The van der Waals surface area contributed by atoms with Gasteiger partial charge in [-0.3, -0.25) is 14.9 Å². The Morgan fingerprint density at radius 2 is 2.00 bits per heavy atom. The zero-order valence-corrected chi connectivity index (χ0v) is 15.8. The third-order valence-corrected chi connectivity index (χ3v) is 4.58. The Morgan fingerprint density at radius 1 is 1.24 bits per heavy atom. The van der Waals surface area contributed by atoms with Gasteiger partial charge in [-0.25, -0.2) is 0 Å². The molecule has 134 valence electrons. The van der Waals surface area contributed by atoms with Crippen LogP contribution in [0.2, 0.25) is 0 Å². The lowest BCUT2D eigenvalue weighted by Gasteiger charge is -2.21. The largest absolute Gasteiger partial charge is 0.340 e. The van der Waals surface area contributed by atoms with E-state index < -0.39 is 6.04 Å². The van der Waals surface area contributed by atoms with Gasteiger partial charge in [-0.2, -0.15) is 0 Å². The lowest BCUT2D eigenvalue weighted by atomic mass is 10.0. The molecule has 2 N–H and O–H groups in total. The van der Waals surface area contributed by atoms with Crippen molar-refractivity contribution in [1.29, 1.82) is 0 Å². The molecule has 0 aliphatic carbocycles. The lowest BCUT2D eigenvalue weighted by molar-refractivity contribution is -0.118. The number of aryl methyl sites for hydroxylation is 2. The Kier molecular flexibility index (Phi) is 6.64. The Hall–Kier alpha value is -2.28. The van der Waals surface area contributed by atoms with Crippen LogP contribution in [0.1, 0.15) is 48.1 Å². The van der Waals surface area contributed by atoms with Crippen LogP contribution in [0, 0.1) is 12.8 Å². The summed E-state index contributed by atoms with van der Waals surface area (Å²) >= 11 is 1.37. The highest BCUT2D eigenvalue weighted by molar-refractivity contribution is 7.15. The summed E-state index contributed by atoms with van der Waals surface area (Å²) in [6.07, 6.45) is 1.81. The predicted molar refractivity (Wildman–Crippen MR) is 99.8 cm³/mol. The van der Waals surface area contributed by atoms with Gasteiger partial charge >= 0.3 is 0 Å². The van der Waals surface area contributed by atoms with E-state index in [1.54, 1.807) is 12.1 Å². The van der Waals surface area contributed by atoms with Crippen molar-refractivity contribution in [2.75, 3.05) is 5.32 Å². The summed E-state index contributed by atoms with van der Waals surface area (Å²) in [6, 6.07) is 6.63. The first-order chi connectivity index (χ1) is 11.9. The molecule has 2 rings (SSSR count). The van der Waals surface area contributed by atoms with E-state index in [9.17, 15) is 9.59 Å². The quantitative estimate of drug-likeness (QED) is 0.794. The van der Waals surface area contributed by atoms with Crippen molar-refractivity contribution in [3.63, 3.8) is 0 Å². The number of carbonyl (C=O) groups is 2. The van der Waals surface area contributed by atoms with Crippen molar-refractivity contribution in [2.24, 2.45) is 5.92 Å². The summed E-state index contributed by atoms with van der Waals surface area (Å²) in [5, 5.41) is 15.0. The van der Waals surface area contributed by atoms with E-state index in [2.05, 4.69) is 27.8 Å².